The van der Waals surface area contributed by atoms with E-state index >= 15 is 0 Å². The van der Waals surface area contributed by atoms with Crippen LogP contribution in [0.1, 0.15) is 49.1 Å². The standard InChI is InChI=1S/C16H24N2O4/c1-10-13(11(2)22-18-10)9-15(19)17-14-8-6-4-5-7-12(14)16(20)21-3/h12,14H,4-9H2,1-3H3,(H,17,19)/t12-,14+/m0/s1. The Morgan fingerprint density at radius 3 is 2.64 bits per heavy atom. The summed E-state index contributed by atoms with van der Waals surface area (Å²) in [6, 6.07) is -0.150. The van der Waals surface area contributed by atoms with Crippen molar-refractivity contribution in [1.29, 1.82) is 0 Å². The molecule has 0 aromatic carbocycles. The second-order valence-corrected chi connectivity index (χ2v) is 5.92. The Labute approximate surface area is 130 Å². The van der Waals surface area contributed by atoms with Crippen LogP contribution < -0.4 is 5.32 Å². The Morgan fingerprint density at radius 2 is 2.00 bits per heavy atom. The van der Waals surface area contributed by atoms with Gasteiger partial charge in [-0.2, -0.15) is 0 Å². The summed E-state index contributed by atoms with van der Waals surface area (Å²) in [5, 5.41) is 6.87. The van der Waals surface area contributed by atoms with Crippen molar-refractivity contribution in [1.82, 2.24) is 10.5 Å². The molecule has 2 rings (SSSR count). The van der Waals surface area contributed by atoms with Crippen LogP contribution in [-0.4, -0.2) is 30.2 Å². The number of aromatic nitrogens is 1. The number of amides is 1. The summed E-state index contributed by atoms with van der Waals surface area (Å²) in [7, 11) is 1.40. The molecule has 1 aromatic rings. The summed E-state index contributed by atoms with van der Waals surface area (Å²) in [5.41, 5.74) is 1.55. The lowest BCUT2D eigenvalue weighted by atomic mass is 9.94. The normalized spacial score (nSPS) is 22.0. The summed E-state index contributed by atoms with van der Waals surface area (Å²) in [6.07, 6.45) is 4.91. The van der Waals surface area contributed by atoms with E-state index in [0.717, 1.165) is 43.4 Å². The van der Waals surface area contributed by atoms with Crippen LogP contribution in [0.5, 0.6) is 0 Å². The first-order valence-electron chi connectivity index (χ1n) is 7.82. The third-order valence-corrected chi connectivity index (χ3v) is 4.38. The number of carbonyl (C=O) groups excluding carboxylic acids is 2. The Morgan fingerprint density at radius 1 is 1.27 bits per heavy atom. The van der Waals surface area contributed by atoms with Gasteiger partial charge in [-0.15, -0.1) is 0 Å². The molecule has 122 valence electrons. The van der Waals surface area contributed by atoms with Gasteiger partial charge in [-0.1, -0.05) is 24.4 Å². The second-order valence-electron chi connectivity index (χ2n) is 5.92. The van der Waals surface area contributed by atoms with E-state index in [1.54, 1.807) is 6.92 Å². The number of aryl methyl sites for hydroxylation is 2. The van der Waals surface area contributed by atoms with Crippen molar-refractivity contribution in [2.45, 2.75) is 58.4 Å². The monoisotopic (exact) mass is 308 g/mol. The Hall–Kier alpha value is -1.85. The zero-order chi connectivity index (χ0) is 16.1. The van der Waals surface area contributed by atoms with E-state index in [4.69, 9.17) is 9.26 Å². The number of esters is 1. The maximum atomic E-state index is 12.3. The number of ether oxygens (including phenoxy) is 1. The summed E-state index contributed by atoms with van der Waals surface area (Å²) < 4.78 is 9.96. The highest BCUT2D eigenvalue weighted by Gasteiger charge is 2.31. The average Bonchev–Trinajstić information content (AvgIpc) is 2.71. The minimum absolute atomic E-state index is 0.102. The van der Waals surface area contributed by atoms with Gasteiger partial charge in [-0.25, -0.2) is 0 Å². The predicted molar refractivity (Wildman–Crippen MR) is 80.2 cm³/mol. The average molecular weight is 308 g/mol. The Kier molecular flexibility index (Phi) is 5.57. The molecule has 0 unspecified atom stereocenters. The first-order valence-corrected chi connectivity index (χ1v) is 7.82. The van der Waals surface area contributed by atoms with Gasteiger partial charge in [0.1, 0.15) is 5.76 Å². The first-order chi connectivity index (χ1) is 10.5. The molecule has 1 saturated carbocycles. The van der Waals surface area contributed by atoms with Gasteiger partial charge in [0.15, 0.2) is 0 Å². The van der Waals surface area contributed by atoms with Crippen molar-refractivity contribution in [3.8, 4) is 0 Å². The molecule has 1 fully saturated rings. The molecule has 2 atom stereocenters. The molecule has 6 nitrogen and oxygen atoms in total. The fourth-order valence-electron chi connectivity index (χ4n) is 3.09. The van der Waals surface area contributed by atoms with E-state index in [0.29, 0.717) is 5.76 Å². The van der Waals surface area contributed by atoms with Crippen molar-refractivity contribution in [2.24, 2.45) is 5.92 Å². The summed E-state index contributed by atoms with van der Waals surface area (Å²) >= 11 is 0. The largest absolute Gasteiger partial charge is 0.469 e. The predicted octanol–water partition coefficient (Wildman–Crippen LogP) is 2.07. The van der Waals surface area contributed by atoms with Crippen LogP contribution in [0.3, 0.4) is 0 Å². The van der Waals surface area contributed by atoms with Crippen molar-refractivity contribution in [2.75, 3.05) is 7.11 Å². The van der Waals surface area contributed by atoms with Gasteiger partial charge >= 0.3 is 5.97 Å². The molecule has 0 aliphatic heterocycles. The van der Waals surface area contributed by atoms with E-state index in [1.807, 2.05) is 6.92 Å². The van der Waals surface area contributed by atoms with Gasteiger partial charge < -0.3 is 14.6 Å². The van der Waals surface area contributed by atoms with E-state index < -0.39 is 0 Å². The first kappa shape index (κ1) is 16.5. The SMILES string of the molecule is COC(=O)[C@H]1CCCCC[C@H]1NC(=O)Cc1c(C)noc1C. The number of carbonyl (C=O) groups is 2. The van der Waals surface area contributed by atoms with E-state index in [2.05, 4.69) is 10.5 Å². The molecular formula is C16H24N2O4. The Bertz CT molecular complexity index is 519. The van der Waals surface area contributed by atoms with Crippen molar-refractivity contribution < 1.29 is 18.8 Å². The molecule has 0 radical (unpaired) electrons. The van der Waals surface area contributed by atoms with Crippen molar-refractivity contribution in [3.05, 3.63) is 17.0 Å². The maximum Gasteiger partial charge on any atom is 0.310 e. The van der Waals surface area contributed by atoms with E-state index in [9.17, 15) is 9.59 Å². The smallest absolute Gasteiger partial charge is 0.310 e. The van der Waals surface area contributed by atoms with Crippen LogP contribution in [0.4, 0.5) is 0 Å². The van der Waals surface area contributed by atoms with E-state index in [1.165, 1.54) is 7.11 Å². The minimum Gasteiger partial charge on any atom is -0.469 e. The van der Waals surface area contributed by atoms with Gasteiger partial charge in [0.25, 0.3) is 0 Å². The summed E-state index contributed by atoms with van der Waals surface area (Å²) in [4.78, 5) is 24.3. The Balaban J connectivity index is 2.02. The third-order valence-electron chi connectivity index (χ3n) is 4.38. The molecule has 0 saturated heterocycles. The van der Waals surface area contributed by atoms with Crippen molar-refractivity contribution >= 4 is 11.9 Å². The highest BCUT2D eigenvalue weighted by Crippen LogP contribution is 2.25. The number of nitrogens with one attached hydrogen (secondary N) is 1. The topological polar surface area (TPSA) is 81.4 Å². The molecule has 6 heteroatoms. The molecule has 1 amide bonds. The molecule has 1 N–H and O–H groups in total. The second kappa shape index (κ2) is 7.42. The number of nitrogens with zero attached hydrogens (tertiary/aromatic N) is 1. The summed E-state index contributed by atoms with van der Waals surface area (Å²) in [5.74, 6) is 0.0823. The summed E-state index contributed by atoms with van der Waals surface area (Å²) in [6.45, 7) is 3.62. The number of hydrogen-bond donors (Lipinski definition) is 1. The number of methoxy groups -OCH3 is 1. The van der Waals surface area contributed by atoms with Crippen LogP contribution in [0.2, 0.25) is 0 Å². The van der Waals surface area contributed by atoms with Gasteiger partial charge in [0.2, 0.25) is 5.91 Å². The zero-order valence-electron chi connectivity index (χ0n) is 13.5. The van der Waals surface area contributed by atoms with Crippen molar-refractivity contribution in [3.63, 3.8) is 0 Å². The molecular weight excluding hydrogens is 284 g/mol. The molecule has 1 aliphatic carbocycles. The quantitative estimate of drug-likeness (QED) is 0.680. The van der Waals surface area contributed by atoms with E-state index in [-0.39, 0.29) is 30.3 Å². The van der Waals surface area contributed by atoms with Crippen LogP contribution in [0.15, 0.2) is 4.52 Å². The van der Waals surface area contributed by atoms with Gasteiger partial charge in [-0.05, 0) is 26.7 Å². The molecule has 1 aromatic heterocycles. The lowest BCUT2D eigenvalue weighted by molar-refractivity contribution is -0.147. The highest BCUT2D eigenvalue weighted by molar-refractivity contribution is 5.81. The molecule has 0 bridgehead atoms. The lowest BCUT2D eigenvalue weighted by Crippen LogP contribution is -2.43. The van der Waals surface area contributed by atoms with Gasteiger partial charge in [-0.3, -0.25) is 9.59 Å². The third kappa shape index (κ3) is 3.87. The zero-order valence-corrected chi connectivity index (χ0v) is 13.5. The van der Waals surface area contributed by atoms with Crippen LogP contribution in [-0.2, 0) is 20.7 Å². The number of hydrogen-bond acceptors (Lipinski definition) is 5. The van der Waals surface area contributed by atoms with Gasteiger partial charge in [0.05, 0.1) is 25.1 Å². The fraction of sp³-hybridized carbons (Fsp3) is 0.688. The highest BCUT2D eigenvalue weighted by atomic mass is 16.5. The fourth-order valence-corrected chi connectivity index (χ4v) is 3.09. The maximum absolute atomic E-state index is 12.3. The van der Waals surface area contributed by atoms with Gasteiger partial charge in [0, 0.05) is 11.6 Å². The molecule has 0 spiro atoms. The van der Waals surface area contributed by atoms with Crippen LogP contribution in [0.25, 0.3) is 0 Å². The number of rotatable bonds is 4. The molecule has 22 heavy (non-hydrogen) atoms. The van der Waals surface area contributed by atoms with Crippen LogP contribution in [0, 0.1) is 19.8 Å². The lowest BCUT2D eigenvalue weighted by Gasteiger charge is -2.24. The molecule has 1 heterocycles. The molecule has 1 aliphatic rings. The minimum atomic E-state index is -0.249. The van der Waals surface area contributed by atoms with Crippen LogP contribution >= 0.6 is 0 Å².